The molecule has 5 rings (SSSR count). The number of hydrogen-bond donors (Lipinski definition) is 0. The molecule has 5 heterocycles. The molecule has 2 aliphatic rings. The van der Waals surface area contributed by atoms with Crippen LogP contribution in [0.4, 0.5) is 5.82 Å². The first-order valence-corrected chi connectivity index (χ1v) is 10.3. The van der Waals surface area contributed by atoms with Crippen molar-refractivity contribution in [2.75, 3.05) is 31.1 Å². The van der Waals surface area contributed by atoms with Crippen molar-refractivity contribution in [3.8, 4) is 5.82 Å². The lowest BCUT2D eigenvalue weighted by atomic mass is 10.0. The largest absolute Gasteiger partial charge is 0.356 e. The highest BCUT2D eigenvalue weighted by Crippen LogP contribution is 2.34. The predicted octanol–water partition coefficient (Wildman–Crippen LogP) is 0.941. The van der Waals surface area contributed by atoms with E-state index >= 15 is 0 Å². The second kappa shape index (κ2) is 7.32. The van der Waals surface area contributed by atoms with Gasteiger partial charge in [0.25, 0.3) is 5.56 Å². The minimum Gasteiger partial charge on any atom is -0.356 e. The van der Waals surface area contributed by atoms with Crippen LogP contribution in [0.25, 0.3) is 5.82 Å². The summed E-state index contributed by atoms with van der Waals surface area (Å²) in [5.74, 6) is 3.01. The van der Waals surface area contributed by atoms with Crippen LogP contribution in [0.15, 0.2) is 35.6 Å². The molecule has 0 saturated carbocycles. The van der Waals surface area contributed by atoms with Gasteiger partial charge in [-0.25, -0.2) is 14.6 Å². The molecular formula is C21H26N8O. The van der Waals surface area contributed by atoms with Gasteiger partial charge in [0.1, 0.15) is 12.1 Å². The molecule has 3 aromatic rings. The molecule has 9 heteroatoms. The van der Waals surface area contributed by atoms with E-state index in [0.29, 0.717) is 11.8 Å². The fourth-order valence-electron chi connectivity index (χ4n) is 4.75. The summed E-state index contributed by atoms with van der Waals surface area (Å²) in [4.78, 5) is 29.6. The fourth-order valence-corrected chi connectivity index (χ4v) is 4.75. The molecule has 0 radical (unpaired) electrons. The molecule has 2 saturated heterocycles. The van der Waals surface area contributed by atoms with Gasteiger partial charge in [-0.1, -0.05) is 0 Å². The van der Waals surface area contributed by atoms with Crippen LogP contribution in [0.2, 0.25) is 0 Å². The Hall–Kier alpha value is -3.07. The Morgan fingerprint density at radius 2 is 1.73 bits per heavy atom. The van der Waals surface area contributed by atoms with Gasteiger partial charge in [-0.3, -0.25) is 14.7 Å². The molecule has 0 aromatic carbocycles. The van der Waals surface area contributed by atoms with Crippen LogP contribution in [-0.2, 0) is 13.6 Å². The maximum absolute atomic E-state index is 11.5. The van der Waals surface area contributed by atoms with Gasteiger partial charge < -0.3 is 9.47 Å². The molecule has 0 N–H and O–H groups in total. The molecule has 2 atom stereocenters. The Labute approximate surface area is 175 Å². The summed E-state index contributed by atoms with van der Waals surface area (Å²) >= 11 is 0. The third-order valence-corrected chi connectivity index (χ3v) is 6.17. The molecule has 0 aliphatic carbocycles. The Kier molecular flexibility index (Phi) is 4.62. The number of aromatic nitrogens is 6. The highest BCUT2D eigenvalue weighted by molar-refractivity contribution is 5.45. The molecule has 30 heavy (non-hydrogen) atoms. The molecule has 156 valence electrons. The molecule has 2 fully saturated rings. The number of fused-ring (bicyclic) bond motifs is 1. The first-order chi connectivity index (χ1) is 14.5. The lowest BCUT2D eigenvalue weighted by Gasteiger charge is -2.22. The molecule has 2 aliphatic heterocycles. The maximum Gasteiger partial charge on any atom is 0.268 e. The fraction of sp³-hybridized carbons (Fsp3) is 0.476. The molecule has 3 aromatic heterocycles. The van der Waals surface area contributed by atoms with Gasteiger partial charge in [-0.05, 0) is 31.7 Å². The van der Waals surface area contributed by atoms with Crippen molar-refractivity contribution in [3.05, 3.63) is 58.3 Å². The van der Waals surface area contributed by atoms with Gasteiger partial charge >= 0.3 is 0 Å². The Morgan fingerprint density at radius 3 is 2.40 bits per heavy atom. The van der Waals surface area contributed by atoms with Crippen LogP contribution in [0.3, 0.4) is 0 Å². The van der Waals surface area contributed by atoms with Crippen molar-refractivity contribution in [1.29, 1.82) is 0 Å². The van der Waals surface area contributed by atoms with E-state index in [2.05, 4.69) is 35.9 Å². The van der Waals surface area contributed by atoms with Gasteiger partial charge in [0, 0.05) is 57.7 Å². The maximum atomic E-state index is 11.5. The highest BCUT2D eigenvalue weighted by Gasteiger charge is 2.40. The summed E-state index contributed by atoms with van der Waals surface area (Å²) in [6.07, 6.45) is 4.88. The van der Waals surface area contributed by atoms with Crippen molar-refractivity contribution in [2.24, 2.45) is 18.9 Å². The van der Waals surface area contributed by atoms with Crippen molar-refractivity contribution in [3.63, 3.8) is 0 Å². The van der Waals surface area contributed by atoms with E-state index in [-0.39, 0.29) is 5.56 Å². The SMILES string of the molecule is Cc1cc(C)n(-c2cc(N3CC4CN(Cc5cn(C)c(=O)cn5)CC4C3)ncn2)n1. The van der Waals surface area contributed by atoms with Crippen LogP contribution < -0.4 is 10.5 Å². The number of anilines is 1. The normalized spacial score (nSPS) is 21.4. The topological polar surface area (TPSA) is 85.0 Å². The van der Waals surface area contributed by atoms with E-state index < -0.39 is 0 Å². The quantitative estimate of drug-likeness (QED) is 0.637. The first kappa shape index (κ1) is 18.9. The van der Waals surface area contributed by atoms with E-state index in [1.165, 1.54) is 6.20 Å². The van der Waals surface area contributed by atoms with Gasteiger partial charge in [0.2, 0.25) is 0 Å². The van der Waals surface area contributed by atoms with Gasteiger partial charge in [0.05, 0.1) is 17.6 Å². The van der Waals surface area contributed by atoms with Crippen LogP contribution in [0.5, 0.6) is 0 Å². The number of likely N-dealkylation sites (tertiary alicyclic amines) is 1. The van der Waals surface area contributed by atoms with E-state index in [9.17, 15) is 4.79 Å². The molecule has 0 spiro atoms. The molecular weight excluding hydrogens is 380 g/mol. The average molecular weight is 406 g/mol. The zero-order valence-electron chi connectivity index (χ0n) is 17.6. The van der Waals surface area contributed by atoms with Gasteiger partial charge in [-0.2, -0.15) is 5.10 Å². The summed E-state index contributed by atoms with van der Waals surface area (Å²) < 4.78 is 3.47. The molecule has 2 unspecified atom stereocenters. The van der Waals surface area contributed by atoms with E-state index in [1.54, 1.807) is 17.9 Å². The second-order valence-corrected chi connectivity index (χ2v) is 8.52. The van der Waals surface area contributed by atoms with E-state index in [0.717, 1.165) is 61.4 Å². The van der Waals surface area contributed by atoms with Crippen molar-refractivity contribution >= 4 is 5.82 Å². The molecule has 0 bridgehead atoms. The van der Waals surface area contributed by atoms with E-state index in [1.807, 2.05) is 30.8 Å². The third kappa shape index (κ3) is 3.49. The van der Waals surface area contributed by atoms with Crippen molar-refractivity contribution in [1.82, 2.24) is 34.2 Å². The summed E-state index contributed by atoms with van der Waals surface area (Å²) in [6, 6.07) is 4.09. The smallest absolute Gasteiger partial charge is 0.268 e. The van der Waals surface area contributed by atoms with Crippen LogP contribution in [0, 0.1) is 25.7 Å². The number of aryl methyl sites for hydroxylation is 3. The Bertz CT molecular complexity index is 1120. The molecule has 9 nitrogen and oxygen atoms in total. The zero-order valence-corrected chi connectivity index (χ0v) is 17.6. The summed E-state index contributed by atoms with van der Waals surface area (Å²) in [5, 5.41) is 4.54. The van der Waals surface area contributed by atoms with Crippen LogP contribution in [0.1, 0.15) is 17.1 Å². The number of hydrogen-bond acceptors (Lipinski definition) is 7. The minimum atomic E-state index is -0.0719. The molecule has 0 amide bonds. The number of nitrogens with zero attached hydrogens (tertiary/aromatic N) is 8. The lowest BCUT2D eigenvalue weighted by Crippen LogP contribution is -2.30. The Morgan fingerprint density at radius 1 is 1.00 bits per heavy atom. The van der Waals surface area contributed by atoms with E-state index in [4.69, 9.17) is 0 Å². The standard InChI is InChI=1S/C21H26N8O/c1-14-4-15(2)29(25-14)20-5-19(23-13-24-20)28-9-16-7-27(8-17(16)10-28)12-18-11-26(3)21(30)6-22-18/h4-6,11,13,16-17H,7-10,12H2,1-3H3. The second-order valence-electron chi connectivity index (χ2n) is 8.52. The van der Waals surface area contributed by atoms with Crippen molar-refractivity contribution < 1.29 is 0 Å². The predicted molar refractivity (Wildman–Crippen MR) is 113 cm³/mol. The van der Waals surface area contributed by atoms with Crippen molar-refractivity contribution in [2.45, 2.75) is 20.4 Å². The average Bonchev–Trinajstić information content (AvgIpc) is 3.37. The Balaban J connectivity index is 1.26. The van der Waals surface area contributed by atoms with Crippen LogP contribution >= 0.6 is 0 Å². The third-order valence-electron chi connectivity index (χ3n) is 6.17. The highest BCUT2D eigenvalue weighted by atomic mass is 16.1. The first-order valence-electron chi connectivity index (χ1n) is 10.3. The zero-order chi connectivity index (χ0) is 20.8. The van der Waals surface area contributed by atoms with Gasteiger partial charge in [0.15, 0.2) is 5.82 Å². The summed E-state index contributed by atoms with van der Waals surface area (Å²) in [7, 11) is 1.77. The summed E-state index contributed by atoms with van der Waals surface area (Å²) in [5.41, 5.74) is 2.92. The minimum absolute atomic E-state index is 0.0719. The summed E-state index contributed by atoms with van der Waals surface area (Å²) in [6.45, 7) is 8.89. The number of rotatable bonds is 4. The monoisotopic (exact) mass is 406 g/mol. The van der Waals surface area contributed by atoms with Crippen LogP contribution in [-0.4, -0.2) is 60.4 Å². The van der Waals surface area contributed by atoms with Gasteiger partial charge in [-0.15, -0.1) is 0 Å². The lowest BCUT2D eigenvalue weighted by molar-refractivity contribution is 0.304.